The van der Waals surface area contributed by atoms with Crippen molar-refractivity contribution in [3.8, 4) is 0 Å². The van der Waals surface area contributed by atoms with Gasteiger partial charge in [-0.3, -0.25) is 4.79 Å². The summed E-state index contributed by atoms with van der Waals surface area (Å²) in [6, 6.07) is 13.6. The highest BCUT2D eigenvalue weighted by molar-refractivity contribution is 7.90. The molecule has 6 heteroatoms. The first-order valence-electron chi connectivity index (χ1n) is 7.63. The zero-order valence-electron chi connectivity index (χ0n) is 13.6. The number of sulfone groups is 1. The topological polar surface area (TPSA) is 63.2 Å². The van der Waals surface area contributed by atoms with Gasteiger partial charge in [0.25, 0.3) is 0 Å². The lowest BCUT2D eigenvalue weighted by Crippen LogP contribution is -2.29. The van der Waals surface area contributed by atoms with Gasteiger partial charge in [0.15, 0.2) is 9.84 Å². The van der Waals surface area contributed by atoms with Crippen LogP contribution in [0.5, 0.6) is 0 Å². The van der Waals surface area contributed by atoms with E-state index < -0.39 is 9.84 Å². The Balaban J connectivity index is 2.07. The van der Waals surface area contributed by atoms with Crippen LogP contribution in [0.2, 0.25) is 5.02 Å². The molecule has 1 amide bonds. The molecule has 0 aliphatic rings. The van der Waals surface area contributed by atoms with Crippen molar-refractivity contribution in [2.45, 2.75) is 30.7 Å². The van der Waals surface area contributed by atoms with E-state index in [1.54, 1.807) is 36.4 Å². The van der Waals surface area contributed by atoms with Crippen LogP contribution in [-0.2, 0) is 21.1 Å². The lowest BCUT2D eigenvalue weighted by Gasteiger charge is -2.18. The van der Waals surface area contributed by atoms with E-state index in [9.17, 15) is 13.2 Å². The molecular weight excluding hydrogens is 346 g/mol. The van der Waals surface area contributed by atoms with Crippen molar-refractivity contribution in [1.82, 2.24) is 5.32 Å². The maximum absolute atomic E-state index is 12.2. The fourth-order valence-electron chi connectivity index (χ4n) is 2.45. The summed E-state index contributed by atoms with van der Waals surface area (Å²) in [5.74, 6) is -0.101. The number of nitrogens with one attached hydrogen (secondary N) is 1. The quantitative estimate of drug-likeness (QED) is 0.851. The number of rotatable bonds is 6. The first-order valence-corrected chi connectivity index (χ1v) is 9.90. The second kappa shape index (κ2) is 7.81. The van der Waals surface area contributed by atoms with Crippen molar-refractivity contribution < 1.29 is 13.2 Å². The normalized spacial score (nSPS) is 12.6. The molecule has 0 aliphatic carbocycles. The summed E-state index contributed by atoms with van der Waals surface area (Å²) in [7, 11) is -3.22. The SMILES string of the molecule is CC[C@H](NC(=O)Cc1cccc(Cl)c1)c1ccc(S(C)(=O)=O)cc1. The molecule has 0 aliphatic heterocycles. The number of hydrogen-bond donors (Lipinski definition) is 1. The van der Waals surface area contributed by atoms with Gasteiger partial charge in [0.1, 0.15) is 0 Å². The average Bonchev–Trinajstić information content (AvgIpc) is 2.52. The van der Waals surface area contributed by atoms with Crippen molar-refractivity contribution in [3.63, 3.8) is 0 Å². The Kier molecular flexibility index (Phi) is 6.02. The molecule has 0 fully saturated rings. The number of carbonyl (C=O) groups excluding carboxylic acids is 1. The van der Waals surface area contributed by atoms with E-state index in [2.05, 4.69) is 5.32 Å². The molecule has 0 saturated heterocycles. The Bertz CT molecular complexity index is 816. The second-order valence-corrected chi connectivity index (χ2v) is 8.13. The predicted octanol–water partition coefficient (Wildman–Crippen LogP) is 3.55. The molecule has 0 spiro atoms. The van der Waals surface area contributed by atoms with Gasteiger partial charge in [-0.15, -0.1) is 0 Å². The van der Waals surface area contributed by atoms with Crippen molar-refractivity contribution in [2.24, 2.45) is 0 Å². The Morgan fingerprint density at radius 3 is 2.38 bits per heavy atom. The van der Waals surface area contributed by atoms with Gasteiger partial charge in [-0.05, 0) is 41.8 Å². The number of benzene rings is 2. The molecule has 0 bridgehead atoms. The van der Waals surface area contributed by atoms with Crippen molar-refractivity contribution in [1.29, 1.82) is 0 Å². The van der Waals surface area contributed by atoms with Crippen LogP contribution in [0.1, 0.15) is 30.5 Å². The van der Waals surface area contributed by atoms with Crippen LogP contribution in [-0.4, -0.2) is 20.6 Å². The third-order valence-corrected chi connectivity index (χ3v) is 5.07. The molecule has 2 rings (SSSR count). The minimum Gasteiger partial charge on any atom is -0.349 e. The molecule has 4 nitrogen and oxygen atoms in total. The highest BCUT2D eigenvalue weighted by Gasteiger charge is 2.14. The Hall–Kier alpha value is -1.85. The van der Waals surface area contributed by atoms with Crippen LogP contribution in [0.4, 0.5) is 0 Å². The molecule has 24 heavy (non-hydrogen) atoms. The molecule has 2 aromatic rings. The Labute approximate surface area is 147 Å². The number of carbonyl (C=O) groups is 1. The summed E-state index contributed by atoms with van der Waals surface area (Å²) in [6.45, 7) is 1.97. The maximum Gasteiger partial charge on any atom is 0.224 e. The Morgan fingerprint density at radius 1 is 1.17 bits per heavy atom. The van der Waals surface area contributed by atoms with E-state index in [-0.39, 0.29) is 23.3 Å². The predicted molar refractivity (Wildman–Crippen MR) is 95.9 cm³/mol. The van der Waals surface area contributed by atoms with Gasteiger partial charge in [-0.25, -0.2) is 8.42 Å². The molecule has 0 saturated carbocycles. The zero-order chi connectivity index (χ0) is 17.7. The smallest absolute Gasteiger partial charge is 0.224 e. The monoisotopic (exact) mass is 365 g/mol. The molecule has 1 atom stereocenters. The summed E-state index contributed by atoms with van der Waals surface area (Å²) >= 11 is 5.93. The molecule has 0 unspecified atom stereocenters. The largest absolute Gasteiger partial charge is 0.349 e. The third-order valence-electron chi connectivity index (χ3n) is 3.71. The lowest BCUT2D eigenvalue weighted by molar-refractivity contribution is -0.121. The summed E-state index contributed by atoms with van der Waals surface area (Å²) < 4.78 is 23.0. The van der Waals surface area contributed by atoms with Gasteiger partial charge in [0.05, 0.1) is 17.4 Å². The molecular formula is C18H20ClNO3S. The van der Waals surface area contributed by atoms with Crippen LogP contribution < -0.4 is 5.32 Å². The van der Waals surface area contributed by atoms with E-state index in [4.69, 9.17) is 11.6 Å². The highest BCUT2D eigenvalue weighted by atomic mass is 35.5. The molecule has 0 heterocycles. The van der Waals surface area contributed by atoms with E-state index in [1.165, 1.54) is 6.26 Å². The summed E-state index contributed by atoms with van der Waals surface area (Å²) in [6.07, 6.45) is 2.13. The van der Waals surface area contributed by atoms with Gasteiger partial charge in [-0.2, -0.15) is 0 Å². The van der Waals surface area contributed by atoms with Crippen LogP contribution in [0.25, 0.3) is 0 Å². The number of hydrogen-bond acceptors (Lipinski definition) is 3. The number of amides is 1. The molecule has 0 aromatic heterocycles. The fraction of sp³-hybridized carbons (Fsp3) is 0.278. The third kappa shape index (κ3) is 5.08. The number of halogens is 1. The lowest BCUT2D eigenvalue weighted by atomic mass is 10.0. The van der Waals surface area contributed by atoms with Gasteiger partial charge < -0.3 is 5.32 Å². The Morgan fingerprint density at radius 2 is 1.83 bits per heavy atom. The van der Waals surface area contributed by atoms with Crippen molar-refractivity contribution in [2.75, 3.05) is 6.26 Å². The zero-order valence-corrected chi connectivity index (χ0v) is 15.2. The van der Waals surface area contributed by atoms with Crippen molar-refractivity contribution in [3.05, 3.63) is 64.7 Å². The van der Waals surface area contributed by atoms with Gasteiger partial charge >= 0.3 is 0 Å². The van der Waals surface area contributed by atoms with Crippen LogP contribution >= 0.6 is 11.6 Å². The van der Waals surface area contributed by atoms with Gasteiger partial charge in [-0.1, -0.05) is 42.8 Å². The first-order chi connectivity index (χ1) is 11.3. The molecule has 128 valence electrons. The molecule has 0 radical (unpaired) electrons. The summed E-state index contributed by atoms with van der Waals surface area (Å²) in [5.41, 5.74) is 1.73. The van der Waals surface area contributed by atoms with Crippen molar-refractivity contribution >= 4 is 27.3 Å². The first kappa shape index (κ1) is 18.5. The van der Waals surface area contributed by atoms with Crippen LogP contribution in [0.3, 0.4) is 0 Å². The standard InChI is InChI=1S/C18H20ClNO3S/c1-3-17(14-7-9-16(10-8-14)24(2,22)23)20-18(21)12-13-5-4-6-15(19)11-13/h4-11,17H,3,12H2,1-2H3,(H,20,21)/t17-/m0/s1. The van der Waals surface area contributed by atoms with Crippen LogP contribution in [0.15, 0.2) is 53.4 Å². The summed E-state index contributed by atoms with van der Waals surface area (Å²) in [4.78, 5) is 12.5. The van der Waals surface area contributed by atoms with E-state index >= 15 is 0 Å². The average molecular weight is 366 g/mol. The fourth-order valence-corrected chi connectivity index (χ4v) is 3.29. The van der Waals surface area contributed by atoms with Gasteiger partial charge in [0.2, 0.25) is 5.91 Å². The van der Waals surface area contributed by atoms with E-state index in [1.807, 2.05) is 19.1 Å². The summed E-state index contributed by atoms with van der Waals surface area (Å²) in [5, 5.41) is 3.58. The molecule has 1 N–H and O–H groups in total. The highest BCUT2D eigenvalue weighted by Crippen LogP contribution is 2.19. The minimum atomic E-state index is -3.22. The van der Waals surface area contributed by atoms with E-state index in [0.29, 0.717) is 11.4 Å². The van der Waals surface area contributed by atoms with Crippen LogP contribution in [0, 0.1) is 0 Å². The van der Waals surface area contributed by atoms with E-state index in [0.717, 1.165) is 11.1 Å². The second-order valence-electron chi connectivity index (χ2n) is 5.68. The molecule has 2 aromatic carbocycles. The minimum absolute atomic E-state index is 0.101. The maximum atomic E-state index is 12.2. The van der Waals surface area contributed by atoms with Gasteiger partial charge in [0, 0.05) is 11.3 Å².